The van der Waals surface area contributed by atoms with Crippen LogP contribution in [0.4, 0.5) is 5.69 Å². The summed E-state index contributed by atoms with van der Waals surface area (Å²) in [5.41, 5.74) is 0.685. The summed E-state index contributed by atoms with van der Waals surface area (Å²) in [6.07, 6.45) is 0.285. The molecule has 88 valence electrons. The first-order valence-corrected chi connectivity index (χ1v) is 5.50. The van der Waals surface area contributed by atoms with E-state index in [0.29, 0.717) is 36.9 Å². The zero-order valence-electron chi connectivity index (χ0n) is 9.14. The maximum Gasteiger partial charge on any atom is 0.294 e. The van der Waals surface area contributed by atoms with E-state index in [1.165, 1.54) is 4.90 Å². The number of nitrogens with zero attached hydrogens (tertiary/aromatic N) is 1. The van der Waals surface area contributed by atoms with Crippen molar-refractivity contribution in [2.24, 2.45) is 0 Å². The predicted octanol–water partition coefficient (Wildman–Crippen LogP) is 0.764. The van der Waals surface area contributed by atoms with Crippen LogP contribution in [0.1, 0.15) is 6.42 Å². The highest BCUT2D eigenvalue weighted by Crippen LogP contribution is 2.34. The Morgan fingerprint density at radius 3 is 2.53 bits per heavy atom. The summed E-state index contributed by atoms with van der Waals surface area (Å²) < 4.78 is 10.8. The molecule has 0 unspecified atom stereocenters. The summed E-state index contributed by atoms with van der Waals surface area (Å²) in [4.78, 5) is 24.3. The van der Waals surface area contributed by atoms with Crippen LogP contribution in [0.15, 0.2) is 18.2 Å². The summed E-state index contributed by atoms with van der Waals surface area (Å²) >= 11 is 0. The molecule has 5 heteroatoms. The Balaban J connectivity index is 1.94. The largest absolute Gasteiger partial charge is 0.486 e. The SMILES string of the molecule is O=C1CCN(c2ccc3c(c2)OCCO3)C1=O. The van der Waals surface area contributed by atoms with Gasteiger partial charge in [-0.05, 0) is 12.1 Å². The van der Waals surface area contributed by atoms with E-state index in [4.69, 9.17) is 9.47 Å². The lowest BCUT2D eigenvalue weighted by Crippen LogP contribution is -2.27. The van der Waals surface area contributed by atoms with Crippen LogP contribution in [0.25, 0.3) is 0 Å². The molecule has 1 fully saturated rings. The Kier molecular flexibility index (Phi) is 2.24. The van der Waals surface area contributed by atoms with Crippen LogP contribution in [-0.4, -0.2) is 31.4 Å². The number of Topliss-reactive ketones (excluding diaryl/α,β-unsaturated/α-hetero) is 1. The van der Waals surface area contributed by atoms with Crippen molar-refractivity contribution in [1.82, 2.24) is 0 Å². The number of ketones is 1. The summed E-state index contributed by atoms with van der Waals surface area (Å²) in [5.74, 6) is 0.528. The third kappa shape index (κ3) is 1.63. The highest BCUT2D eigenvalue weighted by molar-refractivity contribution is 6.43. The molecule has 1 aromatic rings. The minimum atomic E-state index is -0.443. The lowest BCUT2D eigenvalue weighted by atomic mass is 10.2. The zero-order chi connectivity index (χ0) is 11.8. The van der Waals surface area contributed by atoms with Crippen LogP contribution in [0.3, 0.4) is 0 Å². The molecule has 5 nitrogen and oxygen atoms in total. The number of carbonyl (C=O) groups excluding carboxylic acids is 2. The van der Waals surface area contributed by atoms with E-state index in [2.05, 4.69) is 0 Å². The fraction of sp³-hybridized carbons (Fsp3) is 0.333. The standard InChI is InChI=1S/C12H11NO4/c14-9-3-4-13(12(9)15)8-1-2-10-11(7-8)17-6-5-16-10/h1-2,7H,3-6H2. The molecule has 1 aromatic carbocycles. The van der Waals surface area contributed by atoms with Crippen LogP contribution in [0, 0.1) is 0 Å². The molecule has 0 radical (unpaired) electrons. The van der Waals surface area contributed by atoms with Gasteiger partial charge in [-0.1, -0.05) is 0 Å². The third-order valence-electron chi connectivity index (χ3n) is 2.88. The smallest absolute Gasteiger partial charge is 0.294 e. The van der Waals surface area contributed by atoms with Gasteiger partial charge in [-0.15, -0.1) is 0 Å². The molecule has 3 rings (SSSR count). The second-order valence-electron chi connectivity index (χ2n) is 3.96. The van der Waals surface area contributed by atoms with E-state index in [9.17, 15) is 9.59 Å². The van der Waals surface area contributed by atoms with E-state index in [-0.39, 0.29) is 12.2 Å². The van der Waals surface area contributed by atoms with Gasteiger partial charge in [0.15, 0.2) is 11.5 Å². The van der Waals surface area contributed by atoms with Gasteiger partial charge in [-0.2, -0.15) is 0 Å². The quantitative estimate of drug-likeness (QED) is 0.672. The molecule has 0 bridgehead atoms. The fourth-order valence-corrected chi connectivity index (χ4v) is 2.02. The molecule has 2 aliphatic heterocycles. The lowest BCUT2D eigenvalue weighted by molar-refractivity contribution is -0.133. The Labute approximate surface area is 97.9 Å². The van der Waals surface area contributed by atoms with Crippen molar-refractivity contribution in [3.63, 3.8) is 0 Å². The van der Waals surface area contributed by atoms with E-state index in [1.54, 1.807) is 18.2 Å². The Bertz CT molecular complexity index is 497. The van der Waals surface area contributed by atoms with Gasteiger partial charge in [0.2, 0.25) is 5.78 Å². The van der Waals surface area contributed by atoms with E-state index < -0.39 is 5.91 Å². The second-order valence-corrected chi connectivity index (χ2v) is 3.96. The summed E-state index contributed by atoms with van der Waals surface area (Å²) in [5, 5.41) is 0. The second kappa shape index (κ2) is 3.76. The van der Waals surface area contributed by atoms with E-state index >= 15 is 0 Å². The number of fused-ring (bicyclic) bond motifs is 1. The van der Waals surface area contributed by atoms with Crippen LogP contribution in [-0.2, 0) is 9.59 Å². The molecule has 0 N–H and O–H groups in total. The van der Waals surface area contributed by atoms with Crippen LogP contribution < -0.4 is 14.4 Å². The first kappa shape index (κ1) is 10.1. The van der Waals surface area contributed by atoms with Crippen molar-refractivity contribution in [2.75, 3.05) is 24.7 Å². The predicted molar refractivity (Wildman–Crippen MR) is 59.4 cm³/mol. The molecule has 0 spiro atoms. The maximum atomic E-state index is 11.6. The number of anilines is 1. The van der Waals surface area contributed by atoms with Gasteiger partial charge >= 0.3 is 0 Å². The van der Waals surface area contributed by atoms with Crippen LogP contribution in [0.2, 0.25) is 0 Å². The normalized spacial score (nSPS) is 18.7. The molecule has 2 aliphatic rings. The van der Waals surface area contributed by atoms with Crippen molar-refractivity contribution in [2.45, 2.75) is 6.42 Å². The number of hydrogen-bond acceptors (Lipinski definition) is 4. The molecule has 17 heavy (non-hydrogen) atoms. The van der Waals surface area contributed by atoms with Gasteiger partial charge < -0.3 is 14.4 Å². The first-order valence-electron chi connectivity index (χ1n) is 5.50. The summed E-state index contributed by atoms with van der Waals surface area (Å²) in [6, 6.07) is 5.27. The fourth-order valence-electron chi connectivity index (χ4n) is 2.02. The van der Waals surface area contributed by atoms with Crippen molar-refractivity contribution < 1.29 is 19.1 Å². The summed E-state index contributed by atoms with van der Waals surface area (Å²) in [6.45, 7) is 1.48. The van der Waals surface area contributed by atoms with Crippen molar-refractivity contribution in [3.05, 3.63) is 18.2 Å². The van der Waals surface area contributed by atoms with Gasteiger partial charge in [0.05, 0.1) is 0 Å². The monoisotopic (exact) mass is 233 g/mol. The first-order chi connectivity index (χ1) is 8.25. The van der Waals surface area contributed by atoms with Crippen molar-refractivity contribution >= 4 is 17.4 Å². The molecule has 1 amide bonds. The average molecular weight is 233 g/mol. The Morgan fingerprint density at radius 2 is 1.82 bits per heavy atom. The van der Waals surface area contributed by atoms with Crippen LogP contribution in [0.5, 0.6) is 11.5 Å². The number of rotatable bonds is 1. The van der Waals surface area contributed by atoms with Gasteiger partial charge in [-0.25, -0.2) is 0 Å². The molecule has 1 saturated heterocycles. The maximum absolute atomic E-state index is 11.6. The molecule has 0 saturated carbocycles. The molecular weight excluding hydrogens is 222 g/mol. The lowest BCUT2D eigenvalue weighted by Gasteiger charge is -2.21. The number of ether oxygens (including phenoxy) is 2. The van der Waals surface area contributed by atoms with Crippen LogP contribution >= 0.6 is 0 Å². The Morgan fingerprint density at radius 1 is 1.06 bits per heavy atom. The molecule has 0 aliphatic carbocycles. The molecule has 0 aromatic heterocycles. The third-order valence-corrected chi connectivity index (χ3v) is 2.88. The van der Waals surface area contributed by atoms with Crippen molar-refractivity contribution in [1.29, 1.82) is 0 Å². The highest BCUT2D eigenvalue weighted by Gasteiger charge is 2.30. The highest BCUT2D eigenvalue weighted by atomic mass is 16.6. The average Bonchev–Trinajstić information content (AvgIpc) is 2.70. The number of carbonyl (C=O) groups is 2. The summed E-state index contributed by atoms with van der Waals surface area (Å²) in [7, 11) is 0. The minimum Gasteiger partial charge on any atom is -0.486 e. The number of benzene rings is 1. The number of amides is 1. The van der Waals surface area contributed by atoms with Gasteiger partial charge in [0, 0.05) is 24.7 Å². The van der Waals surface area contributed by atoms with Gasteiger partial charge in [-0.3, -0.25) is 9.59 Å². The topological polar surface area (TPSA) is 55.8 Å². The van der Waals surface area contributed by atoms with Crippen molar-refractivity contribution in [3.8, 4) is 11.5 Å². The van der Waals surface area contributed by atoms with E-state index in [0.717, 1.165) is 0 Å². The Hall–Kier alpha value is -2.04. The van der Waals surface area contributed by atoms with E-state index in [1.807, 2.05) is 0 Å². The zero-order valence-corrected chi connectivity index (χ0v) is 9.14. The molecule has 0 atom stereocenters. The minimum absolute atomic E-state index is 0.285. The van der Waals surface area contributed by atoms with Gasteiger partial charge in [0.25, 0.3) is 5.91 Å². The molecule has 2 heterocycles. The molecular formula is C12H11NO4. The number of hydrogen-bond donors (Lipinski definition) is 0. The van der Waals surface area contributed by atoms with Gasteiger partial charge in [0.1, 0.15) is 13.2 Å².